The zero-order chi connectivity index (χ0) is 25.5. The van der Waals surface area contributed by atoms with Crippen molar-refractivity contribution in [3.05, 3.63) is 70.2 Å². The minimum Gasteiger partial charge on any atom is -0.349 e. The molecule has 2 amide bonds. The van der Waals surface area contributed by atoms with E-state index in [1.54, 1.807) is 0 Å². The molecule has 0 radical (unpaired) electrons. The van der Waals surface area contributed by atoms with E-state index in [0.717, 1.165) is 69.2 Å². The highest BCUT2D eigenvalue weighted by molar-refractivity contribution is 9.10. The second-order valence-corrected chi connectivity index (χ2v) is 11.4. The number of likely N-dealkylation sites (tertiary alicyclic amines) is 2. The summed E-state index contributed by atoms with van der Waals surface area (Å²) >= 11 is 3.49. The van der Waals surface area contributed by atoms with Crippen LogP contribution in [0, 0.1) is 11.3 Å². The van der Waals surface area contributed by atoms with E-state index in [-0.39, 0.29) is 23.3 Å². The first-order valence-corrected chi connectivity index (χ1v) is 14.3. The second kappa shape index (κ2) is 12.4. The minimum absolute atomic E-state index is 0.0182. The Labute approximate surface area is 224 Å². The van der Waals surface area contributed by atoms with Gasteiger partial charge in [0.1, 0.15) is 0 Å². The third-order valence-electron chi connectivity index (χ3n) is 8.31. The van der Waals surface area contributed by atoms with Crippen LogP contribution in [0.5, 0.6) is 0 Å². The fourth-order valence-electron chi connectivity index (χ4n) is 5.79. The van der Waals surface area contributed by atoms with Gasteiger partial charge in [0.25, 0.3) is 0 Å². The average Bonchev–Trinajstić information content (AvgIpc) is 3.19. The van der Waals surface area contributed by atoms with E-state index in [9.17, 15) is 9.59 Å². The van der Waals surface area contributed by atoms with Gasteiger partial charge in [-0.1, -0.05) is 72.2 Å². The number of carbonyl (C=O) groups is 2. The summed E-state index contributed by atoms with van der Waals surface area (Å²) < 4.78 is 1.06. The molecule has 4 rings (SSSR count). The van der Waals surface area contributed by atoms with Crippen LogP contribution in [0.3, 0.4) is 0 Å². The van der Waals surface area contributed by atoms with Gasteiger partial charge in [-0.3, -0.25) is 9.59 Å². The molecule has 2 saturated heterocycles. The molecule has 0 saturated carbocycles. The fourth-order valence-corrected chi connectivity index (χ4v) is 6.06. The highest BCUT2D eigenvalue weighted by atomic mass is 79.9. The Kier molecular flexibility index (Phi) is 9.24. The number of rotatable bonds is 10. The molecule has 1 atom stereocenters. The van der Waals surface area contributed by atoms with Crippen LogP contribution in [0.1, 0.15) is 69.5 Å². The molecule has 6 heteroatoms. The number of hydrogen-bond acceptors (Lipinski definition) is 3. The Hall–Kier alpha value is -2.18. The van der Waals surface area contributed by atoms with Crippen LogP contribution in [0.4, 0.5) is 0 Å². The fraction of sp³-hybridized carbons (Fsp3) is 0.533. The maximum absolute atomic E-state index is 13.4. The molecule has 2 heterocycles. The van der Waals surface area contributed by atoms with Gasteiger partial charge in [0, 0.05) is 30.0 Å². The summed E-state index contributed by atoms with van der Waals surface area (Å²) in [5.41, 5.74) is 2.16. The van der Waals surface area contributed by atoms with Gasteiger partial charge in [0.2, 0.25) is 11.8 Å². The topological polar surface area (TPSA) is 52.7 Å². The van der Waals surface area contributed by atoms with Gasteiger partial charge >= 0.3 is 0 Å². The SMILES string of the molecule is CCC(CC)C(=O)NC(CCN1CCC2(CC1)CCN(Cc1ccc(Br)cc1)C2=O)c1ccccc1. The van der Waals surface area contributed by atoms with Crippen molar-refractivity contribution in [1.82, 2.24) is 15.1 Å². The predicted molar refractivity (Wildman–Crippen MR) is 148 cm³/mol. The normalized spacial score (nSPS) is 18.7. The van der Waals surface area contributed by atoms with E-state index in [1.807, 2.05) is 30.3 Å². The molecule has 36 heavy (non-hydrogen) atoms. The van der Waals surface area contributed by atoms with Crippen molar-refractivity contribution < 1.29 is 9.59 Å². The number of carbonyl (C=O) groups excluding carboxylic acids is 2. The van der Waals surface area contributed by atoms with Gasteiger partial charge in [0.05, 0.1) is 11.5 Å². The van der Waals surface area contributed by atoms with E-state index in [1.165, 1.54) is 11.1 Å². The summed E-state index contributed by atoms with van der Waals surface area (Å²) in [5.74, 6) is 0.568. The second-order valence-electron chi connectivity index (χ2n) is 10.5. The molecule has 1 unspecified atom stereocenters. The van der Waals surface area contributed by atoms with Crippen LogP contribution < -0.4 is 5.32 Å². The Morgan fingerprint density at radius 1 is 0.972 bits per heavy atom. The number of halogens is 1. The minimum atomic E-state index is -0.186. The number of nitrogens with zero attached hydrogens (tertiary/aromatic N) is 2. The van der Waals surface area contributed by atoms with Crippen molar-refractivity contribution in [3.8, 4) is 0 Å². The van der Waals surface area contributed by atoms with Crippen LogP contribution in [0.2, 0.25) is 0 Å². The van der Waals surface area contributed by atoms with Gasteiger partial charge in [-0.15, -0.1) is 0 Å². The summed E-state index contributed by atoms with van der Waals surface area (Å²) in [4.78, 5) is 30.8. The molecule has 2 aromatic carbocycles. The maximum Gasteiger partial charge on any atom is 0.229 e. The first-order chi connectivity index (χ1) is 17.4. The zero-order valence-corrected chi connectivity index (χ0v) is 23.3. The van der Waals surface area contributed by atoms with E-state index in [0.29, 0.717) is 12.5 Å². The Bertz CT molecular complexity index is 999. The molecule has 0 aliphatic carbocycles. The monoisotopic (exact) mass is 553 g/mol. The lowest BCUT2D eigenvalue weighted by Gasteiger charge is -2.38. The molecule has 194 valence electrons. The van der Waals surface area contributed by atoms with Crippen molar-refractivity contribution in [2.24, 2.45) is 11.3 Å². The quantitative estimate of drug-likeness (QED) is 0.395. The Balaban J connectivity index is 1.31. The molecular formula is C30H40BrN3O2. The average molecular weight is 555 g/mol. The largest absolute Gasteiger partial charge is 0.349 e. The van der Waals surface area contributed by atoms with Crippen molar-refractivity contribution in [2.75, 3.05) is 26.2 Å². The summed E-state index contributed by atoms with van der Waals surface area (Å²) in [5, 5.41) is 3.33. The van der Waals surface area contributed by atoms with Crippen LogP contribution in [-0.4, -0.2) is 47.8 Å². The number of piperidine rings is 1. The molecule has 1 N–H and O–H groups in total. The van der Waals surface area contributed by atoms with Crippen molar-refractivity contribution >= 4 is 27.7 Å². The zero-order valence-electron chi connectivity index (χ0n) is 21.7. The molecule has 1 spiro atoms. The van der Waals surface area contributed by atoms with E-state index in [4.69, 9.17) is 0 Å². The molecule has 2 aliphatic rings. The number of nitrogens with one attached hydrogen (secondary N) is 1. The third-order valence-corrected chi connectivity index (χ3v) is 8.84. The molecule has 0 aromatic heterocycles. The molecular weight excluding hydrogens is 514 g/mol. The van der Waals surface area contributed by atoms with E-state index >= 15 is 0 Å². The molecule has 2 fully saturated rings. The Morgan fingerprint density at radius 2 is 1.61 bits per heavy atom. The first kappa shape index (κ1) is 26.9. The van der Waals surface area contributed by atoms with Gasteiger partial charge in [-0.25, -0.2) is 0 Å². The summed E-state index contributed by atoms with van der Waals surface area (Å²) in [6.45, 7) is 8.54. The predicted octanol–water partition coefficient (Wildman–Crippen LogP) is 5.95. The smallest absolute Gasteiger partial charge is 0.229 e. The lowest BCUT2D eigenvalue weighted by Crippen LogP contribution is -2.45. The van der Waals surface area contributed by atoms with Gasteiger partial charge in [0.15, 0.2) is 0 Å². The number of amides is 2. The first-order valence-electron chi connectivity index (χ1n) is 13.6. The summed E-state index contributed by atoms with van der Waals surface area (Å²) in [6, 6.07) is 18.6. The van der Waals surface area contributed by atoms with Gasteiger partial charge in [-0.2, -0.15) is 0 Å². The highest BCUT2D eigenvalue weighted by Crippen LogP contribution is 2.42. The standard InChI is InChI=1S/C30H40BrN3O2/c1-3-24(4-2)28(35)32-27(25-8-6-5-7-9-25)14-18-33-19-15-30(16-20-33)17-21-34(29(30)36)22-23-10-12-26(31)13-11-23/h5-13,24,27H,3-4,14-22H2,1-2H3,(H,32,35). The Morgan fingerprint density at radius 3 is 2.25 bits per heavy atom. The maximum atomic E-state index is 13.4. The van der Waals surface area contributed by atoms with Crippen LogP contribution >= 0.6 is 15.9 Å². The van der Waals surface area contributed by atoms with Crippen LogP contribution in [-0.2, 0) is 16.1 Å². The van der Waals surface area contributed by atoms with E-state index in [2.05, 4.69) is 69.2 Å². The number of benzene rings is 2. The lowest BCUT2D eigenvalue weighted by atomic mass is 9.77. The van der Waals surface area contributed by atoms with E-state index < -0.39 is 0 Å². The number of hydrogen-bond donors (Lipinski definition) is 1. The third kappa shape index (κ3) is 6.38. The van der Waals surface area contributed by atoms with Crippen molar-refractivity contribution in [2.45, 2.75) is 65.0 Å². The molecule has 2 aliphatic heterocycles. The lowest BCUT2D eigenvalue weighted by molar-refractivity contribution is -0.139. The summed E-state index contributed by atoms with van der Waals surface area (Å²) in [6.07, 6.45) is 5.44. The molecule has 5 nitrogen and oxygen atoms in total. The van der Waals surface area contributed by atoms with Crippen LogP contribution in [0.25, 0.3) is 0 Å². The van der Waals surface area contributed by atoms with Gasteiger partial charge in [-0.05, 0) is 74.9 Å². The molecule has 0 bridgehead atoms. The van der Waals surface area contributed by atoms with Gasteiger partial charge < -0.3 is 15.1 Å². The summed E-state index contributed by atoms with van der Waals surface area (Å²) in [7, 11) is 0. The van der Waals surface area contributed by atoms with Crippen LogP contribution in [0.15, 0.2) is 59.1 Å². The van der Waals surface area contributed by atoms with Crippen molar-refractivity contribution in [3.63, 3.8) is 0 Å². The highest BCUT2D eigenvalue weighted by Gasteiger charge is 2.47. The molecule has 2 aromatic rings. The van der Waals surface area contributed by atoms with Crippen molar-refractivity contribution in [1.29, 1.82) is 0 Å².